The quantitative estimate of drug-likeness (QED) is 0.175. The Morgan fingerprint density at radius 1 is 0.829 bits per heavy atom. The summed E-state index contributed by atoms with van der Waals surface area (Å²) < 4.78 is 13.2. The lowest BCUT2D eigenvalue weighted by Gasteiger charge is -2.37. The van der Waals surface area contributed by atoms with Gasteiger partial charge in [-0.25, -0.2) is 4.98 Å². The minimum atomic E-state index is -0.675. The van der Waals surface area contributed by atoms with Gasteiger partial charge < -0.3 is 18.9 Å². The van der Waals surface area contributed by atoms with E-state index < -0.39 is 5.54 Å². The van der Waals surface area contributed by atoms with Gasteiger partial charge in [-0.1, -0.05) is 103 Å². The molecule has 0 bridgehead atoms. The molecule has 0 atom stereocenters. The average molecular weight is 542 g/mol. The molecule has 1 amide bonds. The first kappa shape index (κ1) is 26.1. The van der Waals surface area contributed by atoms with Crippen LogP contribution in [0.4, 0.5) is 0 Å². The second-order valence-corrected chi connectivity index (χ2v) is 9.95. The molecule has 2 heterocycles. The maximum Gasteiger partial charge on any atom is 0.289 e. The Kier molecular flexibility index (Phi) is 7.37. The second-order valence-electron chi connectivity index (χ2n) is 9.95. The molecule has 0 saturated carbocycles. The number of amides is 1. The molecule has 5 aromatic rings. The second kappa shape index (κ2) is 11.6. The predicted octanol–water partition coefficient (Wildman–Crippen LogP) is 6.13. The lowest BCUT2D eigenvalue weighted by molar-refractivity contribution is -0.136. The maximum absolute atomic E-state index is 13.4. The van der Waals surface area contributed by atoms with Gasteiger partial charge in [0.25, 0.3) is 5.91 Å². The molecule has 1 aliphatic heterocycles. The molecular weight excluding hydrogens is 510 g/mol. The van der Waals surface area contributed by atoms with Crippen molar-refractivity contribution in [2.75, 3.05) is 20.3 Å². The van der Waals surface area contributed by atoms with Crippen LogP contribution < -0.4 is 4.74 Å². The van der Waals surface area contributed by atoms with Crippen molar-refractivity contribution in [1.82, 2.24) is 14.5 Å². The molecule has 0 radical (unpaired) electrons. The van der Waals surface area contributed by atoms with Crippen LogP contribution in [0.25, 0.3) is 6.08 Å². The molecule has 6 rings (SSSR count). The summed E-state index contributed by atoms with van der Waals surface area (Å²) in [5.74, 6) is 0.928. The van der Waals surface area contributed by atoms with Crippen LogP contribution in [0.5, 0.6) is 5.75 Å². The highest BCUT2D eigenvalue weighted by molar-refractivity contribution is 5.96. The van der Waals surface area contributed by atoms with Crippen LogP contribution in [0.1, 0.15) is 27.9 Å². The Hall–Kier alpha value is -5.10. The van der Waals surface area contributed by atoms with Crippen molar-refractivity contribution < 1.29 is 14.3 Å². The number of ether oxygens (including phenoxy) is 2. The number of hydrogen-bond acceptors (Lipinski definition) is 4. The summed E-state index contributed by atoms with van der Waals surface area (Å²) in [5.41, 5.74) is 4.31. The number of hydrogen-bond donors (Lipinski definition) is 0. The van der Waals surface area contributed by atoms with E-state index in [0.717, 1.165) is 28.0 Å². The smallest absolute Gasteiger partial charge is 0.289 e. The molecule has 4 aromatic carbocycles. The van der Waals surface area contributed by atoms with E-state index in [4.69, 9.17) is 14.5 Å². The van der Waals surface area contributed by atoms with E-state index in [-0.39, 0.29) is 5.91 Å². The van der Waals surface area contributed by atoms with Crippen LogP contribution in [0.15, 0.2) is 134 Å². The zero-order valence-electron chi connectivity index (χ0n) is 22.9. The normalized spacial score (nSPS) is 14.6. The first-order valence-electron chi connectivity index (χ1n) is 13.7. The van der Waals surface area contributed by atoms with E-state index in [0.29, 0.717) is 31.1 Å². The van der Waals surface area contributed by atoms with Crippen molar-refractivity contribution in [1.29, 1.82) is 0 Å². The van der Waals surface area contributed by atoms with Crippen molar-refractivity contribution in [3.8, 4) is 5.75 Å². The molecule has 0 N–H and O–H groups in total. The summed E-state index contributed by atoms with van der Waals surface area (Å²) in [6, 6.07) is 39.0. The molecule has 6 nitrogen and oxygen atoms in total. The zero-order chi connectivity index (χ0) is 28.1. The number of nitrogens with zero attached hydrogens (tertiary/aromatic N) is 3. The number of aromatic nitrogens is 2. The minimum absolute atomic E-state index is 0.151. The van der Waals surface area contributed by atoms with Crippen LogP contribution in [0.3, 0.4) is 0 Å². The molecule has 0 unspecified atom stereocenters. The number of carbonyl (C=O) groups is 1. The Bertz CT molecular complexity index is 1530. The number of imidazole rings is 1. The number of morpholine rings is 1. The summed E-state index contributed by atoms with van der Waals surface area (Å²) >= 11 is 0. The Balaban J connectivity index is 1.38. The molecular formula is C35H31N3O3. The topological polar surface area (TPSA) is 56.6 Å². The zero-order valence-corrected chi connectivity index (χ0v) is 22.9. The van der Waals surface area contributed by atoms with Gasteiger partial charge in [0.05, 0.1) is 25.7 Å². The summed E-state index contributed by atoms with van der Waals surface area (Å²) in [7, 11) is 1.64. The third kappa shape index (κ3) is 5.12. The fourth-order valence-electron chi connectivity index (χ4n) is 5.51. The molecule has 1 saturated heterocycles. The summed E-state index contributed by atoms with van der Waals surface area (Å²) in [5, 5.41) is 0. The van der Waals surface area contributed by atoms with Crippen LogP contribution in [-0.4, -0.2) is 40.6 Å². The van der Waals surface area contributed by atoms with Crippen LogP contribution in [0.2, 0.25) is 0 Å². The monoisotopic (exact) mass is 541 g/mol. The van der Waals surface area contributed by atoms with E-state index in [1.807, 2.05) is 55.0 Å². The molecule has 41 heavy (non-hydrogen) atoms. The molecule has 0 aliphatic carbocycles. The largest absolute Gasteiger partial charge is 0.497 e. The van der Waals surface area contributed by atoms with E-state index >= 15 is 0 Å². The minimum Gasteiger partial charge on any atom is -0.497 e. The molecule has 0 spiro atoms. The van der Waals surface area contributed by atoms with Gasteiger partial charge in [0, 0.05) is 18.8 Å². The lowest BCUT2D eigenvalue weighted by atomic mass is 9.77. The average Bonchev–Trinajstić information content (AvgIpc) is 3.50. The van der Waals surface area contributed by atoms with Crippen LogP contribution in [-0.2, 0) is 21.6 Å². The highest BCUT2D eigenvalue weighted by Crippen LogP contribution is 2.40. The summed E-state index contributed by atoms with van der Waals surface area (Å²) in [4.78, 5) is 19.9. The number of rotatable bonds is 8. The molecule has 1 fully saturated rings. The Labute approximate surface area is 240 Å². The van der Waals surface area contributed by atoms with E-state index in [2.05, 4.69) is 77.4 Å². The lowest BCUT2D eigenvalue weighted by Crippen LogP contribution is -2.39. The van der Waals surface area contributed by atoms with Gasteiger partial charge in [-0.2, -0.15) is 0 Å². The third-order valence-electron chi connectivity index (χ3n) is 7.49. The van der Waals surface area contributed by atoms with E-state index in [1.54, 1.807) is 18.1 Å². The summed E-state index contributed by atoms with van der Waals surface area (Å²) in [6.07, 6.45) is 5.56. The van der Waals surface area contributed by atoms with Gasteiger partial charge in [0.15, 0.2) is 5.76 Å². The molecule has 1 aliphatic rings. The van der Waals surface area contributed by atoms with Crippen molar-refractivity contribution >= 4 is 12.0 Å². The number of methoxy groups -OCH3 is 1. The van der Waals surface area contributed by atoms with Gasteiger partial charge in [-0.15, -0.1) is 0 Å². The SMILES string of the molecule is COc1ccc(CN2CCO/C(=C\c3cn(C(c4ccccc4)(c4ccccc4)c4ccccc4)cn3)C2=O)cc1. The van der Waals surface area contributed by atoms with Gasteiger partial charge in [0.2, 0.25) is 0 Å². The van der Waals surface area contributed by atoms with Crippen molar-refractivity contribution in [2.45, 2.75) is 12.1 Å². The molecule has 204 valence electrons. The van der Waals surface area contributed by atoms with Gasteiger partial charge in [-0.3, -0.25) is 4.79 Å². The standard InChI is InChI=1S/C35H31N3O3/c1-40-32-19-17-27(18-20-32)24-37-21-22-41-33(34(37)39)23-31-25-38(26-36-31)35(28-11-5-2-6-12-28,29-13-7-3-8-14-29)30-15-9-4-10-16-30/h2-20,23,25-26H,21-22,24H2,1H3/b33-23-. The van der Waals surface area contributed by atoms with E-state index in [1.165, 1.54) is 0 Å². The van der Waals surface area contributed by atoms with Gasteiger partial charge >= 0.3 is 0 Å². The molecule has 6 heteroatoms. The fourth-order valence-corrected chi connectivity index (χ4v) is 5.51. The summed E-state index contributed by atoms with van der Waals surface area (Å²) in [6.45, 7) is 1.45. The van der Waals surface area contributed by atoms with Gasteiger partial charge in [-0.05, 0) is 34.4 Å². The van der Waals surface area contributed by atoms with Crippen molar-refractivity contribution in [2.24, 2.45) is 0 Å². The maximum atomic E-state index is 13.4. The van der Waals surface area contributed by atoms with Crippen LogP contribution in [0, 0.1) is 0 Å². The first-order valence-corrected chi connectivity index (χ1v) is 13.7. The highest BCUT2D eigenvalue weighted by Gasteiger charge is 2.38. The molecule has 1 aromatic heterocycles. The van der Waals surface area contributed by atoms with E-state index in [9.17, 15) is 4.79 Å². The number of benzene rings is 4. The number of carbonyl (C=O) groups excluding carboxylic acids is 1. The predicted molar refractivity (Wildman–Crippen MR) is 159 cm³/mol. The third-order valence-corrected chi connectivity index (χ3v) is 7.49. The highest BCUT2D eigenvalue weighted by atomic mass is 16.5. The van der Waals surface area contributed by atoms with Crippen molar-refractivity contribution in [3.05, 3.63) is 161 Å². The Morgan fingerprint density at radius 3 is 1.93 bits per heavy atom. The first-order chi connectivity index (χ1) is 20.2. The van der Waals surface area contributed by atoms with Crippen molar-refractivity contribution in [3.63, 3.8) is 0 Å². The van der Waals surface area contributed by atoms with Gasteiger partial charge in [0.1, 0.15) is 17.9 Å². The van der Waals surface area contributed by atoms with Crippen LogP contribution >= 0.6 is 0 Å². The Morgan fingerprint density at radius 2 is 1.39 bits per heavy atom. The fraction of sp³-hybridized carbons (Fsp3) is 0.143.